The van der Waals surface area contributed by atoms with Gasteiger partial charge in [-0.05, 0) is 38.5 Å². The molecule has 0 bridgehead atoms. The predicted octanol–water partition coefficient (Wildman–Crippen LogP) is 6.17. The van der Waals surface area contributed by atoms with Gasteiger partial charge in [0.2, 0.25) is 5.91 Å². The lowest BCUT2D eigenvalue weighted by Crippen LogP contribution is -2.38. The first-order valence-electron chi connectivity index (χ1n) is 13.1. The molecular formula is C30H49N2O3S+. The van der Waals surface area contributed by atoms with Crippen LogP contribution in [0.4, 0.5) is 0 Å². The molecule has 0 heterocycles. The Hall–Kier alpha value is -2.31. The Morgan fingerprint density at radius 1 is 0.750 bits per heavy atom. The van der Waals surface area contributed by atoms with Crippen molar-refractivity contribution in [3.8, 4) is 0 Å². The number of carbonyl (C=O) groups excluding carboxylic acids is 2. The molecule has 1 N–H and O–H groups in total. The van der Waals surface area contributed by atoms with Gasteiger partial charge in [0, 0.05) is 18.7 Å². The minimum absolute atomic E-state index is 0.00108. The molecule has 0 spiro atoms. The molecule has 6 heteroatoms. The van der Waals surface area contributed by atoms with Crippen molar-refractivity contribution >= 4 is 23.6 Å². The lowest BCUT2D eigenvalue weighted by atomic mass is 10.2. The fourth-order valence-corrected chi connectivity index (χ4v) is 3.32. The van der Waals surface area contributed by atoms with Crippen molar-refractivity contribution < 1.29 is 18.8 Å². The van der Waals surface area contributed by atoms with Crippen LogP contribution in [0.1, 0.15) is 51.9 Å². The lowest BCUT2D eigenvalue weighted by molar-refractivity contribution is -0.870. The SMILES string of the molecule is CC/C=C\C/C=C\C/C=C\C/C=C\C/C=C\C/C=C\CC(=O)NCCSCC(=O)OCC[N+](C)(C)C. The van der Waals surface area contributed by atoms with Gasteiger partial charge >= 0.3 is 5.97 Å². The number of amides is 1. The van der Waals surface area contributed by atoms with Crippen LogP contribution in [0, 0.1) is 0 Å². The summed E-state index contributed by atoms with van der Waals surface area (Å²) < 4.78 is 5.97. The Morgan fingerprint density at radius 2 is 1.22 bits per heavy atom. The largest absolute Gasteiger partial charge is 0.459 e. The Labute approximate surface area is 224 Å². The minimum Gasteiger partial charge on any atom is -0.459 e. The van der Waals surface area contributed by atoms with Gasteiger partial charge in [0.25, 0.3) is 0 Å². The summed E-state index contributed by atoms with van der Waals surface area (Å²) in [6, 6.07) is 0. The van der Waals surface area contributed by atoms with Crippen LogP contribution < -0.4 is 5.32 Å². The molecule has 0 rings (SSSR count). The highest BCUT2D eigenvalue weighted by Crippen LogP contribution is 2.01. The van der Waals surface area contributed by atoms with Gasteiger partial charge in [-0.15, -0.1) is 11.8 Å². The number of carbonyl (C=O) groups is 2. The third kappa shape index (κ3) is 27.9. The highest BCUT2D eigenvalue weighted by Gasteiger charge is 2.09. The zero-order chi connectivity index (χ0) is 26.7. The third-order valence-electron chi connectivity index (χ3n) is 4.71. The number of allylic oxidation sites excluding steroid dienone is 11. The van der Waals surface area contributed by atoms with Gasteiger partial charge < -0.3 is 14.5 Å². The fraction of sp³-hybridized carbons (Fsp3) is 0.533. The highest BCUT2D eigenvalue weighted by molar-refractivity contribution is 7.99. The van der Waals surface area contributed by atoms with E-state index in [4.69, 9.17) is 4.74 Å². The van der Waals surface area contributed by atoms with Gasteiger partial charge in [-0.1, -0.05) is 79.8 Å². The summed E-state index contributed by atoms with van der Waals surface area (Å²) in [6.45, 7) is 3.93. The molecule has 0 aromatic carbocycles. The zero-order valence-corrected chi connectivity index (χ0v) is 23.8. The van der Waals surface area contributed by atoms with E-state index in [9.17, 15) is 9.59 Å². The summed E-state index contributed by atoms with van der Waals surface area (Å²) in [5.74, 6) is 0.819. The summed E-state index contributed by atoms with van der Waals surface area (Å²) in [6.07, 6.45) is 31.9. The van der Waals surface area contributed by atoms with Crippen molar-refractivity contribution in [1.82, 2.24) is 5.32 Å². The second-order valence-corrected chi connectivity index (χ2v) is 10.4. The number of likely N-dealkylation sites (N-methyl/N-ethyl adjacent to an activating group) is 1. The van der Waals surface area contributed by atoms with E-state index in [0.717, 1.165) is 49.6 Å². The minimum atomic E-state index is -0.197. The van der Waals surface area contributed by atoms with Gasteiger partial charge in [0.15, 0.2) is 0 Å². The first kappa shape index (κ1) is 33.7. The van der Waals surface area contributed by atoms with Crippen LogP contribution in [0.5, 0.6) is 0 Å². The number of esters is 1. The van der Waals surface area contributed by atoms with E-state index in [0.29, 0.717) is 31.1 Å². The molecule has 0 fully saturated rings. The first-order chi connectivity index (χ1) is 17.3. The van der Waals surface area contributed by atoms with E-state index in [1.807, 2.05) is 12.2 Å². The van der Waals surface area contributed by atoms with Crippen LogP contribution in [-0.4, -0.2) is 68.7 Å². The highest BCUT2D eigenvalue weighted by atomic mass is 32.2. The van der Waals surface area contributed by atoms with Crippen molar-refractivity contribution in [2.45, 2.75) is 51.9 Å². The van der Waals surface area contributed by atoms with Gasteiger partial charge in [-0.2, -0.15) is 0 Å². The smallest absolute Gasteiger partial charge is 0.316 e. The summed E-state index contributed by atoms with van der Waals surface area (Å²) in [5.41, 5.74) is 0. The Morgan fingerprint density at radius 3 is 1.69 bits per heavy atom. The van der Waals surface area contributed by atoms with Crippen molar-refractivity contribution in [2.24, 2.45) is 0 Å². The normalized spacial score (nSPS) is 12.9. The monoisotopic (exact) mass is 517 g/mol. The molecule has 36 heavy (non-hydrogen) atoms. The van der Waals surface area contributed by atoms with Crippen LogP contribution in [0.15, 0.2) is 72.9 Å². The molecule has 0 unspecified atom stereocenters. The molecule has 1 amide bonds. The molecule has 202 valence electrons. The topological polar surface area (TPSA) is 55.4 Å². The second-order valence-electron chi connectivity index (χ2n) is 9.26. The van der Waals surface area contributed by atoms with Gasteiger partial charge in [-0.3, -0.25) is 9.59 Å². The number of quaternary nitrogens is 1. The third-order valence-corrected chi connectivity index (χ3v) is 5.65. The van der Waals surface area contributed by atoms with E-state index < -0.39 is 0 Å². The Kier molecular flexibility index (Phi) is 22.8. The van der Waals surface area contributed by atoms with E-state index in [2.05, 4.69) is 94.1 Å². The lowest BCUT2D eigenvalue weighted by Gasteiger charge is -2.23. The van der Waals surface area contributed by atoms with Gasteiger partial charge in [0.1, 0.15) is 13.2 Å². The molecule has 0 atom stereocenters. The number of nitrogens with zero attached hydrogens (tertiary/aromatic N) is 1. The number of thioether (sulfide) groups is 1. The Bertz CT molecular complexity index is 744. The average Bonchev–Trinajstić information content (AvgIpc) is 2.82. The summed E-state index contributed by atoms with van der Waals surface area (Å²) in [4.78, 5) is 23.5. The molecular weight excluding hydrogens is 468 g/mol. The van der Waals surface area contributed by atoms with Crippen LogP contribution in [0.3, 0.4) is 0 Å². The molecule has 0 radical (unpaired) electrons. The summed E-state index contributed by atoms with van der Waals surface area (Å²) in [7, 11) is 6.18. The molecule has 0 saturated carbocycles. The summed E-state index contributed by atoms with van der Waals surface area (Å²) in [5, 5.41) is 2.87. The Balaban J connectivity index is 3.62. The maximum absolute atomic E-state index is 11.8. The van der Waals surface area contributed by atoms with Crippen molar-refractivity contribution in [3.05, 3.63) is 72.9 Å². The zero-order valence-electron chi connectivity index (χ0n) is 23.0. The molecule has 0 aromatic rings. The average molecular weight is 518 g/mol. The van der Waals surface area contributed by atoms with E-state index in [1.165, 1.54) is 11.8 Å². The van der Waals surface area contributed by atoms with Crippen LogP contribution >= 0.6 is 11.8 Å². The molecule has 0 saturated heterocycles. The standard InChI is InChI=1S/C30H48N2O3S/c1-5-6-7-8-9-10-11-12-13-14-15-16-17-18-19-20-21-22-23-29(33)31-24-27-36-28-30(34)35-26-25-32(2,3)4/h6-7,9-10,12-13,15-16,18-19,21-22H,5,8,11,14,17,20,23-28H2,1-4H3/p+1/b7-6-,10-9-,13-12-,16-15-,19-18-,22-21-. The molecule has 5 nitrogen and oxygen atoms in total. The van der Waals surface area contributed by atoms with E-state index in [1.54, 1.807) is 0 Å². The van der Waals surface area contributed by atoms with E-state index in [-0.39, 0.29) is 11.9 Å². The second kappa shape index (κ2) is 24.4. The summed E-state index contributed by atoms with van der Waals surface area (Å²) >= 11 is 1.48. The molecule has 0 aliphatic rings. The number of ether oxygens (including phenoxy) is 1. The number of rotatable bonds is 21. The van der Waals surface area contributed by atoms with Crippen LogP contribution in [-0.2, 0) is 14.3 Å². The fourth-order valence-electron chi connectivity index (χ4n) is 2.68. The predicted molar refractivity (Wildman–Crippen MR) is 157 cm³/mol. The van der Waals surface area contributed by atoms with Crippen LogP contribution in [0.25, 0.3) is 0 Å². The van der Waals surface area contributed by atoms with E-state index >= 15 is 0 Å². The van der Waals surface area contributed by atoms with Gasteiger partial charge in [-0.25, -0.2) is 0 Å². The van der Waals surface area contributed by atoms with Crippen molar-refractivity contribution in [1.29, 1.82) is 0 Å². The molecule has 0 aliphatic carbocycles. The maximum atomic E-state index is 11.8. The quantitative estimate of drug-likeness (QED) is 0.0856. The van der Waals surface area contributed by atoms with Crippen molar-refractivity contribution in [2.75, 3.05) is 52.3 Å². The number of hydrogen-bond acceptors (Lipinski definition) is 4. The number of hydrogen-bond donors (Lipinski definition) is 1. The van der Waals surface area contributed by atoms with Crippen LogP contribution in [0.2, 0.25) is 0 Å². The number of nitrogens with one attached hydrogen (secondary N) is 1. The first-order valence-corrected chi connectivity index (χ1v) is 14.2. The maximum Gasteiger partial charge on any atom is 0.316 e. The molecule has 0 aromatic heterocycles. The van der Waals surface area contributed by atoms with Crippen molar-refractivity contribution in [3.63, 3.8) is 0 Å². The molecule has 0 aliphatic heterocycles. The van der Waals surface area contributed by atoms with Gasteiger partial charge in [0.05, 0.1) is 26.9 Å².